The number of hydrogen-bond acceptors (Lipinski definition) is 6. The van der Waals surface area contributed by atoms with Gasteiger partial charge >= 0.3 is 0 Å². The Balaban J connectivity index is 1.45. The molecule has 3 N–H and O–H groups in total. The summed E-state index contributed by atoms with van der Waals surface area (Å²) in [5.41, 5.74) is 6.05. The molecular weight excluding hydrogens is 294 g/mol. The van der Waals surface area contributed by atoms with Gasteiger partial charge in [-0.15, -0.1) is 10.2 Å². The minimum Gasteiger partial charge on any atom is -0.369 e. The molecule has 23 heavy (non-hydrogen) atoms. The maximum Gasteiger partial charge on any atom is 0.231 e. The maximum absolute atomic E-state index is 11.0. The molecule has 1 aliphatic carbocycles. The number of aromatic nitrogens is 4. The van der Waals surface area contributed by atoms with E-state index in [4.69, 9.17) is 5.73 Å². The molecule has 3 heterocycles. The smallest absolute Gasteiger partial charge is 0.231 e. The van der Waals surface area contributed by atoms with Crippen LogP contribution in [0, 0.1) is 0 Å². The number of carbonyl (C=O) groups excluding carboxylic acids is 1. The topological polar surface area (TPSA) is 101 Å². The molecule has 1 aliphatic heterocycles. The number of nitrogens with zero attached hydrogens (tertiary/aromatic N) is 5. The SMILES string of the molecule is NC(=O)CN1CCC(Nc2nccn3c(C4CC4)nnc23)CC1. The second-order valence-electron chi connectivity index (χ2n) is 6.46. The molecule has 8 nitrogen and oxygen atoms in total. The molecule has 1 saturated carbocycles. The fraction of sp³-hybridized carbons (Fsp3) is 0.600. The molecule has 0 unspecified atom stereocenters. The first kappa shape index (κ1) is 14.4. The zero-order valence-electron chi connectivity index (χ0n) is 13.0. The average molecular weight is 315 g/mol. The third kappa shape index (κ3) is 2.98. The van der Waals surface area contributed by atoms with Crippen LogP contribution in [0.1, 0.15) is 37.4 Å². The van der Waals surface area contributed by atoms with Crippen molar-refractivity contribution in [2.45, 2.75) is 37.6 Å². The van der Waals surface area contributed by atoms with Gasteiger partial charge in [0.2, 0.25) is 11.6 Å². The summed E-state index contributed by atoms with van der Waals surface area (Å²) >= 11 is 0. The summed E-state index contributed by atoms with van der Waals surface area (Å²) in [4.78, 5) is 17.5. The summed E-state index contributed by atoms with van der Waals surface area (Å²) in [6.45, 7) is 2.07. The first-order valence-electron chi connectivity index (χ1n) is 8.17. The molecule has 0 spiro atoms. The maximum atomic E-state index is 11.0. The summed E-state index contributed by atoms with van der Waals surface area (Å²) in [6, 6.07) is 0.332. The van der Waals surface area contributed by atoms with E-state index in [1.807, 2.05) is 6.20 Å². The van der Waals surface area contributed by atoms with Crippen LogP contribution in [0.3, 0.4) is 0 Å². The Hall–Kier alpha value is -2.22. The van der Waals surface area contributed by atoms with E-state index >= 15 is 0 Å². The molecule has 2 aliphatic rings. The van der Waals surface area contributed by atoms with Crippen molar-refractivity contribution in [3.63, 3.8) is 0 Å². The van der Waals surface area contributed by atoms with Crippen molar-refractivity contribution in [1.29, 1.82) is 0 Å². The highest BCUT2D eigenvalue weighted by Crippen LogP contribution is 2.39. The summed E-state index contributed by atoms with van der Waals surface area (Å²) in [7, 11) is 0. The number of primary amides is 1. The minimum atomic E-state index is -0.265. The minimum absolute atomic E-state index is 0.265. The first-order chi connectivity index (χ1) is 11.2. The monoisotopic (exact) mass is 315 g/mol. The standard InChI is InChI=1S/C15H21N7O/c16-12(23)9-21-6-3-11(4-7-21)18-13-15-20-19-14(10-1-2-10)22(15)8-5-17-13/h5,8,10-11H,1-4,6-7,9H2,(H2,16,23)(H,17,18). The molecule has 1 saturated heterocycles. The normalized spacial score (nSPS) is 20.0. The van der Waals surface area contributed by atoms with Crippen molar-refractivity contribution in [2.75, 3.05) is 25.0 Å². The van der Waals surface area contributed by atoms with E-state index in [2.05, 4.69) is 29.8 Å². The van der Waals surface area contributed by atoms with Crippen molar-refractivity contribution in [2.24, 2.45) is 5.73 Å². The van der Waals surface area contributed by atoms with Crippen molar-refractivity contribution in [3.8, 4) is 0 Å². The van der Waals surface area contributed by atoms with Gasteiger partial charge in [0.1, 0.15) is 5.82 Å². The van der Waals surface area contributed by atoms with Crippen molar-refractivity contribution < 1.29 is 4.79 Å². The van der Waals surface area contributed by atoms with Gasteiger partial charge < -0.3 is 11.1 Å². The third-order valence-electron chi connectivity index (χ3n) is 4.60. The number of anilines is 1. The summed E-state index contributed by atoms with van der Waals surface area (Å²) in [6.07, 6.45) is 8.05. The fourth-order valence-corrected chi connectivity index (χ4v) is 3.21. The lowest BCUT2D eigenvalue weighted by Crippen LogP contribution is -2.43. The van der Waals surface area contributed by atoms with Crippen molar-refractivity contribution in [1.82, 2.24) is 24.5 Å². The highest BCUT2D eigenvalue weighted by molar-refractivity contribution is 5.75. The van der Waals surface area contributed by atoms with Gasteiger partial charge in [0.05, 0.1) is 6.54 Å². The van der Waals surface area contributed by atoms with Crippen LogP contribution >= 0.6 is 0 Å². The summed E-state index contributed by atoms with van der Waals surface area (Å²) in [5, 5.41) is 12.1. The molecule has 0 atom stereocenters. The number of carbonyl (C=O) groups is 1. The van der Waals surface area contributed by atoms with Crippen LogP contribution in [0.15, 0.2) is 12.4 Å². The number of nitrogens with two attached hydrogens (primary N) is 1. The van der Waals surface area contributed by atoms with Gasteiger partial charge in [-0.2, -0.15) is 0 Å². The molecule has 0 aromatic carbocycles. The van der Waals surface area contributed by atoms with Crippen LogP contribution in [0.25, 0.3) is 5.65 Å². The predicted octanol–water partition coefficient (Wildman–Crippen LogP) is 0.363. The number of piperidine rings is 1. The van der Waals surface area contributed by atoms with Crippen LogP contribution in [0.5, 0.6) is 0 Å². The zero-order valence-corrected chi connectivity index (χ0v) is 13.0. The fourth-order valence-electron chi connectivity index (χ4n) is 3.21. The van der Waals surface area contributed by atoms with Crippen LogP contribution in [0.4, 0.5) is 5.82 Å². The van der Waals surface area contributed by atoms with Gasteiger partial charge in [0, 0.05) is 37.4 Å². The number of hydrogen-bond donors (Lipinski definition) is 2. The first-order valence-corrected chi connectivity index (χ1v) is 8.17. The van der Waals surface area contributed by atoms with E-state index in [1.165, 1.54) is 12.8 Å². The van der Waals surface area contributed by atoms with E-state index in [1.54, 1.807) is 6.20 Å². The van der Waals surface area contributed by atoms with Crippen LogP contribution in [0.2, 0.25) is 0 Å². The van der Waals surface area contributed by atoms with Gasteiger partial charge in [0.15, 0.2) is 5.82 Å². The van der Waals surface area contributed by atoms with Crippen LogP contribution < -0.4 is 11.1 Å². The Labute approximate surface area is 134 Å². The Bertz CT molecular complexity index is 716. The second kappa shape index (κ2) is 5.77. The molecular formula is C15H21N7O. The molecule has 8 heteroatoms. The Kier molecular flexibility index (Phi) is 3.60. The molecule has 0 radical (unpaired) electrons. The largest absolute Gasteiger partial charge is 0.369 e. The van der Waals surface area contributed by atoms with Crippen molar-refractivity contribution in [3.05, 3.63) is 18.2 Å². The van der Waals surface area contributed by atoms with Gasteiger partial charge in [0.25, 0.3) is 0 Å². The van der Waals surface area contributed by atoms with E-state index in [0.717, 1.165) is 43.2 Å². The van der Waals surface area contributed by atoms with E-state index in [-0.39, 0.29) is 5.91 Å². The lowest BCUT2D eigenvalue weighted by atomic mass is 10.1. The van der Waals surface area contributed by atoms with Crippen molar-refractivity contribution >= 4 is 17.4 Å². The zero-order chi connectivity index (χ0) is 15.8. The Morgan fingerprint density at radius 1 is 1.26 bits per heavy atom. The van der Waals surface area contributed by atoms with E-state index < -0.39 is 0 Å². The molecule has 122 valence electrons. The Morgan fingerprint density at radius 3 is 2.74 bits per heavy atom. The number of fused-ring (bicyclic) bond motifs is 1. The summed E-state index contributed by atoms with van der Waals surface area (Å²) < 4.78 is 2.05. The molecule has 2 aromatic rings. The van der Waals surface area contributed by atoms with Crippen LogP contribution in [-0.4, -0.2) is 56.1 Å². The van der Waals surface area contributed by atoms with Crippen LogP contribution in [-0.2, 0) is 4.79 Å². The highest BCUT2D eigenvalue weighted by Gasteiger charge is 2.29. The quantitative estimate of drug-likeness (QED) is 0.826. The van der Waals surface area contributed by atoms with Gasteiger partial charge in [-0.3, -0.25) is 14.1 Å². The highest BCUT2D eigenvalue weighted by atomic mass is 16.1. The summed E-state index contributed by atoms with van der Waals surface area (Å²) in [5.74, 6) is 2.12. The predicted molar refractivity (Wildman–Crippen MR) is 85.0 cm³/mol. The lowest BCUT2D eigenvalue weighted by molar-refractivity contribution is -0.119. The Morgan fingerprint density at radius 2 is 2.04 bits per heavy atom. The second-order valence-corrected chi connectivity index (χ2v) is 6.46. The molecule has 2 aromatic heterocycles. The molecule has 4 rings (SSSR count). The number of rotatable bonds is 5. The molecule has 1 amide bonds. The van der Waals surface area contributed by atoms with Gasteiger partial charge in [-0.1, -0.05) is 0 Å². The van der Waals surface area contributed by atoms with E-state index in [9.17, 15) is 4.79 Å². The van der Waals surface area contributed by atoms with Gasteiger partial charge in [-0.05, 0) is 25.7 Å². The number of nitrogens with one attached hydrogen (secondary N) is 1. The van der Waals surface area contributed by atoms with Gasteiger partial charge in [-0.25, -0.2) is 4.98 Å². The molecule has 2 fully saturated rings. The average Bonchev–Trinajstić information content (AvgIpc) is 3.28. The third-order valence-corrected chi connectivity index (χ3v) is 4.60. The van der Waals surface area contributed by atoms with E-state index in [0.29, 0.717) is 18.5 Å². The molecule has 0 bridgehead atoms. The lowest BCUT2D eigenvalue weighted by Gasteiger charge is -2.31. The number of amides is 1. The number of likely N-dealkylation sites (tertiary alicyclic amines) is 1.